The second-order valence-corrected chi connectivity index (χ2v) is 18.2. The number of hydrogen-bond acceptors (Lipinski definition) is 1. The van der Waals surface area contributed by atoms with Gasteiger partial charge in [0.25, 0.3) is 0 Å². The Morgan fingerprint density at radius 1 is 0.433 bits per heavy atom. The molecular formula is C59H45N. The molecule has 11 aromatic carbocycles. The van der Waals surface area contributed by atoms with Crippen LogP contribution in [0.4, 0.5) is 11.4 Å². The third kappa shape index (κ3) is 4.27. The molecule has 0 bridgehead atoms. The topological polar surface area (TPSA) is 3.24 Å². The van der Waals surface area contributed by atoms with Gasteiger partial charge in [0.1, 0.15) is 0 Å². The minimum Gasteiger partial charge on any atom is -0.334 e. The molecule has 1 heterocycles. The fourth-order valence-corrected chi connectivity index (χ4v) is 12.6. The molecule has 0 aromatic heterocycles. The van der Waals surface area contributed by atoms with E-state index in [1.54, 1.807) is 0 Å². The highest BCUT2D eigenvalue weighted by Crippen LogP contribution is 2.62. The number of nitrogens with zero attached hydrogens (tertiary/aromatic N) is 1. The lowest BCUT2D eigenvalue weighted by atomic mass is 9.61. The predicted octanol–water partition coefficient (Wildman–Crippen LogP) is 16.5. The summed E-state index contributed by atoms with van der Waals surface area (Å²) in [5, 5.41) is 16.1. The zero-order valence-corrected chi connectivity index (χ0v) is 34.4. The lowest BCUT2D eigenvalue weighted by Crippen LogP contribution is -2.54. The van der Waals surface area contributed by atoms with Crippen LogP contribution in [-0.4, -0.2) is 5.54 Å². The molecule has 286 valence electrons. The molecule has 13 rings (SSSR count). The third-order valence-electron chi connectivity index (χ3n) is 15.4. The molecule has 60 heavy (non-hydrogen) atoms. The summed E-state index contributed by atoms with van der Waals surface area (Å²) in [6.07, 6.45) is 4.93. The Kier molecular flexibility index (Phi) is 6.94. The van der Waals surface area contributed by atoms with Crippen molar-refractivity contribution >= 4 is 76.0 Å². The van der Waals surface area contributed by atoms with Gasteiger partial charge in [0, 0.05) is 16.8 Å². The van der Waals surface area contributed by atoms with Gasteiger partial charge in [-0.15, -0.1) is 0 Å². The Morgan fingerprint density at radius 2 is 0.950 bits per heavy atom. The van der Waals surface area contributed by atoms with Crippen LogP contribution in [-0.2, 0) is 5.41 Å². The van der Waals surface area contributed by atoms with Gasteiger partial charge in [-0.05, 0) is 160 Å². The number of para-hydroxylation sites is 1. The highest BCUT2D eigenvalue weighted by molar-refractivity contribution is 6.46. The lowest BCUT2D eigenvalue weighted by molar-refractivity contribution is 0.195. The van der Waals surface area contributed by atoms with E-state index in [0.717, 1.165) is 0 Å². The minimum absolute atomic E-state index is 0.00861. The summed E-state index contributed by atoms with van der Waals surface area (Å²) in [6.45, 7) is 7.44. The van der Waals surface area contributed by atoms with Crippen LogP contribution in [0.25, 0.3) is 98.0 Å². The zero-order valence-electron chi connectivity index (χ0n) is 34.4. The smallest absolute Gasteiger partial charge is 0.0517 e. The molecule has 1 nitrogen and oxygen atoms in total. The molecule has 2 unspecified atom stereocenters. The van der Waals surface area contributed by atoms with Crippen LogP contribution < -0.4 is 4.90 Å². The molecule has 0 N–H and O–H groups in total. The van der Waals surface area contributed by atoms with Crippen molar-refractivity contribution in [2.24, 2.45) is 0 Å². The summed E-state index contributed by atoms with van der Waals surface area (Å²) in [4.78, 5) is 2.70. The van der Waals surface area contributed by atoms with Gasteiger partial charge in [-0.2, -0.15) is 0 Å². The minimum atomic E-state index is 0.00861. The Balaban J connectivity index is 1.17. The molecular weight excluding hydrogens is 723 g/mol. The summed E-state index contributed by atoms with van der Waals surface area (Å²) in [7, 11) is 0. The van der Waals surface area contributed by atoms with Crippen LogP contribution in [0.5, 0.6) is 0 Å². The van der Waals surface area contributed by atoms with Gasteiger partial charge in [-0.1, -0.05) is 165 Å². The third-order valence-corrected chi connectivity index (χ3v) is 15.4. The number of anilines is 2. The van der Waals surface area contributed by atoms with E-state index in [2.05, 4.69) is 196 Å². The molecule has 0 amide bonds. The van der Waals surface area contributed by atoms with Crippen LogP contribution in [0.15, 0.2) is 170 Å². The molecule has 0 spiro atoms. The summed E-state index contributed by atoms with van der Waals surface area (Å²) < 4.78 is 0. The first-order chi connectivity index (χ1) is 29.5. The molecule has 11 aromatic rings. The molecule has 0 saturated heterocycles. The number of fused-ring (bicyclic) bond motifs is 9. The fraction of sp³-hybridized carbons (Fsp3) is 0.153. The van der Waals surface area contributed by atoms with Gasteiger partial charge in [0.2, 0.25) is 0 Å². The van der Waals surface area contributed by atoms with Gasteiger partial charge in [-0.25, -0.2) is 0 Å². The molecule has 1 heteroatoms. The maximum Gasteiger partial charge on any atom is 0.0517 e. The molecule has 1 saturated carbocycles. The molecule has 2 aliphatic rings. The largest absolute Gasteiger partial charge is 0.334 e. The van der Waals surface area contributed by atoms with E-state index >= 15 is 0 Å². The first-order valence-corrected chi connectivity index (χ1v) is 21.9. The lowest BCUT2D eigenvalue weighted by Gasteiger charge is -2.50. The van der Waals surface area contributed by atoms with Crippen LogP contribution in [0.3, 0.4) is 0 Å². The average molecular weight is 768 g/mol. The maximum atomic E-state index is 2.70. The SMILES string of the molecule is Cc1cc2c(cc1-c1ccc3c4c(-c5ccccc5)c5c6cccc7cccc(c5c(-c5ccccc5)c4c4cccc1c43)c76)C1(C)CCCCC1(C)N2c1ccccc1. The predicted molar refractivity (Wildman–Crippen MR) is 258 cm³/mol. The van der Waals surface area contributed by atoms with E-state index in [1.807, 2.05) is 0 Å². The Hall–Kier alpha value is -6.70. The maximum absolute atomic E-state index is 2.70. The van der Waals surface area contributed by atoms with E-state index in [9.17, 15) is 0 Å². The van der Waals surface area contributed by atoms with Crippen LogP contribution in [0.2, 0.25) is 0 Å². The summed E-state index contributed by atoms with van der Waals surface area (Å²) in [6, 6.07) is 64.5. The number of hydrogen-bond donors (Lipinski definition) is 0. The number of aryl methyl sites for hydroxylation is 1. The first kappa shape index (κ1) is 34.2. The van der Waals surface area contributed by atoms with Crippen molar-refractivity contribution in [3.05, 3.63) is 181 Å². The number of rotatable bonds is 4. The highest BCUT2D eigenvalue weighted by atomic mass is 15.3. The van der Waals surface area contributed by atoms with Crippen molar-refractivity contribution in [2.45, 2.75) is 57.4 Å². The average Bonchev–Trinajstić information content (AvgIpc) is 3.87. The zero-order chi connectivity index (χ0) is 39.9. The second kappa shape index (κ2) is 12.2. The molecule has 1 aliphatic heterocycles. The van der Waals surface area contributed by atoms with Gasteiger partial charge in [0.05, 0.1) is 5.54 Å². The van der Waals surface area contributed by atoms with E-state index < -0.39 is 0 Å². The van der Waals surface area contributed by atoms with Gasteiger partial charge in [-0.3, -0.25) is 0 Å². The van der Waals surface area contributed by atoms with Crippen molar-refractivity contribution in [2.75, 3.05) is 4.90 Å². The molecule has 1 fully saturated rings. The summed E-state index contributed by atoms with van der Waals surface area (Å²) in [5.41, 5.74) is 13.5. The first-order valence-electron chi connectivity index (χ1n) is 21.9. The quantitative estimate of drug-likeness (QED) is 0.172. The van der Waals surface area contributed by atoms with Crippen LogP contribution >= 0.6 is 0 Å². The molecule has 2 atom stereocenters. The van der Waals surface area contributed by atoms with E-state index in [1.165, 1.54) is 146 Å². The highest BCUT2D eigenvalue weighted by Gasteiger charge is 2.57. The van der Waals surface area contributed by atoms with Crippen molar-refractivity contribution in [3.63, 3.8) is 0 Å². The fourth-order valence-electron chi connectivity index (χ4n) is 12.6. The van der Waals surface area contributed by atoms with E-state index in [-0.39, 0.29) is 11.0 Å². The van der Waals surface area contributed by atoms with Gasteiger partial charge in [0.15, 0.2) is 0 Å². The van der Waals surface area contributed by atoms with Crippen molar-refractivity contribution in [1.29, 1.82) is 0 Å². The number of benzene rings is 9. The second-order valence-electron chi connectivity index (χ2n) is 18.2. The Bertz CT molecular complexity index is 3380. The Labute approximate surface area is 351 Å². The van der Waals surface area contributed by atoms with Crippen molar-refractivity contribution < 1.29 is 0 Å². The monoisotopic (exact) mass is 767 g/mol. The van der Waals surface area contributed by atoms with E-state index in [4.69, 9.17) is 0 Å². The van der Waals surface area contributed by atoms with Gasteiger partial charge < -0.3 is 4.90 Å². The van der Waals surface area contributed by atoms with Gasteiger partial charge >= 0.3 is 0 Å². The standard InChI is InChI=1S/C59H45N/c1-36-34-49-48(58(2)32-13-14-33-59(58,3)60(49)40-24-11-6-12-25-40)35-47(36)41-30-31-46-53-42(41)26-17-29-45(53)56-51(38-18-7-4-8-19-38)54-43-27-15-22-37-23-16-28-44(50(37)43)55(54)52(57(46)56)39-20-9-5-10-21-39/h4-12,15-31,34-35H,13-14,32-33H2,1-3H3. The van der Waals surface area contributed by atoms with Crippen LogP contribution in [0, 0.1) is 6.92 Å². The summed E-state index contributed by atoms with van der Waals surface area (Å²) >= 11 is 0. The van der Waals surface area contributed by atoms with Crippen LogP contribution in [0.1, 0.15) is 50.7 Å². The van der Waals surface area contributed by atoms with E-state index in [0.29, 0.717) is 0 Å². The van der Waals surface area contributed by atoms with Crippen molar-refractivity contribution in [3.8, 4) is 33.4 Å². The molecule has 0 radical (unpaired) electrons. The normalized spacial score (nSPS) is 19.1. The molecule has 1 aliphatic carbocycles. The Morgan fingerprint density at radius 3 is 1.57 bits per heavy atom. The summed E-state index contributed by atoms with van der Waals surface area (Å²) in [5.74, 6) is 0. The van der Waals surface area contributed by atoms with Crippen molar-refractivity contribution in [1.82, 2.24) is 0 Å².